The summed E-state index contributed by atoms with van der Waals surface area (Å²) in [6, 6.07) is 0. The largest absolute Gasteiger partial charge is 0.475 e. The van der Waals surface area contributed by atoms with Crippen molar-refractivity contribution in [2.24, 2.45) is 5.41 Å². The first-order chi connectivity index (χ1) is 24.2. The van der Waals surface area contributed by atoms with E-state index in [1.54, 1.807) is 0 Å². The number of carbonyl (C=O) groups is 1. The molecule has 0 aromatic heterocycles. The number of rotatable bonds is 29. The van der Waals surface area contributed by atoms with E-state index in [2.05, 4.69) is 46.8 Å². The number of allylic oxidation sites excluding steroid dienone is 9. The predicted molar refractivity (Wildman–Crippen MR) is 216 cm³/mol. The van der Waals surface area contributed by atoms with Crippen molar-refractivity contribution in [1.82, 2.24) is 0 Å². The van der Waals surface area contributed by atoms with Crippen LogP contribution in [-0.2, 0) is 27.7 Å². The number of esters is 1. The Hall–Kier alpha value is -1.76. The van der Waals surface area contributed by atoms with E-state index in [0.717, 1.165) is 30.4 Å². The van der Waals surface area contributed by atoms with E-state index in [9.17, 15) is 9.36 Å². The third kappa shape index (κ3) is 25.0. The van der Waals surface area contributed by atoms with E-state index in [0.29, 0.717) is 17.6 Å². The van der Waals surface area contributed by atoms with Crippen molar-refractivity contribution in [3.05, 3.63) is 58.7 Å². The van der Waals surface area contributed by atoms with Crippen molar-refractivity contribution < 1.29 is 32.2 Å². The van der Waals surface area contributed by atoms with E-state index >= 15 is 0 Å². The lowest BCUT2D eigenvalue weighted by atomic mass is 9.72. The molecule has 0 aromatic carbocycles. The predicted octanol–water partition coefficient (Wildman–Crippen LogP) is 12.4. The summed E-state index contributed by atoms with van der Waals surface area (Å²) in [5.41, 5.74) is 5.05. The SMILES string of the molecule is CCCCCCCCCCCCCCCCOP(=O)(OCCOC(=O)/C=C(C)/C=C/C=C(C)/C=C/C1=C(C)CCCC1(C)C)OCC[N+](C)(C)C. The van der Waals surface area contributed by atoms with Crippen LogP contribution in [0.3, 0.4) is 0 Å². The standard InChI is InChI=1S/C43H77NO6P/c1-10-11-12-13-14-15-16-17-18-19-20-21-22-23-33-48-51(46,49-34-32-44(7,8)9)50-36-35-47-42(45)37-39(3)27-24-26-38(2)29-30-41-40(4)28-25-31-43(41,5)6/h24,26-27,29-30,37H,10-23,25,28,31-36H2,1-9H3/q+1/b27-24+,30-29+,38-26+,39-37+. The van der Waals surface area contributed by atoms with Crippen molar-refractivity contribution in [2.45, 2.75) is 151 Å². The Morgan fingerprint density at radius 3 is 1.88 bits per heavy atom. The van der Waals surface area contributed by atoms with Gasteiger partial charge in [-0.25, -0.2) is 9.36 Å². The minimum Gasteiger partial charge on any atom is -0.460 e. The second-order valence-electron chi connectivity index (χ2n) is 16.1. The average molecular weight is 735 g/mol. The van der Waals surface area contributed by atoms with Gasteiger partial charge in [0.2, 0.25) is 0 Å². The molecule has 294 valence electrons. The molecule has 0 radical (unpaired) electrons. The molecule has 0 spiro atoms. The van der Waals surface area contributed by atoms with Crippen LogP contribution in [-0.4, -0.2) is 64.6 Å². The minimum absolute atomic E-state index is 0.0490. The Kier molecular flexibility index (Phi) is 24.9. The molecule has 0 N–H and O–H groups in total. The minimum atomic E-state index is -3.77. The number of ether oxygens (including phenoxy) is 1. The zero-order valence-corrected chi connectivity index (χ0v) is 35.3. The number of carbonyl (C=O) groups excluding carboxylic acids is 1. The van der Waals surface area contributed by atoms with E-state index in [-0.39, 0.29) is 25.2 Å². The molecule has 0 fully saturated rings. The second kappa shape index (κ2) is 26.9. The fraction of sp³-hybridized carbons (Fsp3) is 0.744. The van der Waals surface area contributed by atoms with Gasteiger partial charge in [-0.05, 0) is 63.0 Å². The third-order valence-electron chi connectivity index (χ3n) is 9.45. The summed E-state index contributed by atoms with van der Waals surface area (Å²) >= 11 is 0. The zero-order chi connectivity index (χ0) is 38.0. The van der Waals surface area contributed by atoms with E-state index in [4.69, 9.17) is 18.3 Å². The van der Waals surface area contributed by atoms with Gasteiger partial charge in [-0.3, -0.25) is 13.6 Å². The van der Waals surface area contributed by atoms with Gasteiger partial charge in [0.05, 0.1) is 34.4 Å². The molecule has 1 aliphatic carbocycles. The highest BCUT2D eigenvalue weighted by atomic mass is 31.2. The van der Waals surface area contributed by atoms with Gasteiger partial charge in [-0.2, -0.15) is 0 Å². The number of hydrogen-bond acceptors (Lipinski definition) is 6. The first kappa shape index (κ1) is 47.3. The maximum absolute atomic E-state index is 13.4. The number of phosphoric acid groups is 1. The molecular weight excluding hydrogens is 657 g/mol. The van der Waals surface area contributed by atoms with Crippen molar-refractivity contribution in [3.63, 3.8) is 0 Å². The molecule has 0 saturated carbocycles. The van der Waals surface area contributed by atoms with E-state index < -0.39 is 13.8 Å². The maximum atomic E-state index is 13.4. The first-order valence-electron chi connectivity index (χ1n) is 20.1. The summed E-state index contributed by atoms with van der Waals surface area (Å²) in [5.74, 6) is -0.479. The zero-order valence-electron chi connectivity index (χ0n) is 34.4. The number of unbranched alkanes of at least 4 members (excludes halogenated alkanes) is 13. The summed E-state index contributed by atoms with van der Waals surface area (Å²) in [7, 11) is 2.36. The maximum Gasteiger partial charge on any atom is 0.475 e. The van der Waals surface area contributed by atoms with Gasteiger partial charge in [-0.15, -0.1) is 0 Å². The molecule has 8 heteroatoms. The molecular formula is C43H77NO6P+. The van der Waals surface area contributed by atoms with Crippen LogP contribution >= 0.6 is 7.82 Å². The topological polar surface area (TPSA) is 71.1 Å². The van der Waals surface area contributed by atoms with Crippen LogP contribution in [0.1, 0.15) is 151 Å². The van der Waals surface area contributed by atoms with Crippen LogP contribution in [0.4, 0.5) is 0 Å². The molecule has 0 saturated heterocycles. The third-order valence-corrected chi connectivity index (χ3v) is 11.0. The van der Waals surface area contributed by atoms with Crippen molar-refractivity contribution >= 4 is 13.8 Å². The summed E-state index contributed by atoms with van der Waals surface area (Å²) in [6.45, 7) is 14.2. The first-order valence-corrected chi connectivity index (χ1v) is 21.6. The Morgan fingerprint density at radius 1 is 0.765 bits per heavy atom. The number of phosphoric ester groups is 1. The molecule has 0 aromatic rings. The van der Waals surface area contributed by atoms with E-state index in [1.165, 1.54) is 107 Å². The lowest BCUT2D eigenvalue weighted by Gasteiger charge is -2.32. The number of nitrogens with zero attached hydrogens (tertiary/aromatic N) is 1. The highest BCUT2D eigenvalue weighted by Crippen LogP contribution is 2.49. The number of hydrogen-bond donors (Lipinski definition) is 0. The molecule has 7 nitrogen and oxygen atoms in total. The van der Waals surface area contributed by atoms with Gasteiger partial charge < -0.3 is 9.22 Å². The van der Waals surface area contributed by atoms with Gasteiger partial charge in [0.25, 0.3) is 0 Å². The molecule has 51 heavy (non-hydrogen) atoms. The van der Waals surface area contributed by atoms with E-state index in [1.807, 2.05) is 46.3 Å². The quantitative estimate of drug-likeness (QED) is 0.0190. The molecule has 1 aliphatic rings. The fourth-order valence-corrected chi connectivity index (χ4v) is 7.39. The highest BCUT2D eigenvalue weighted by molar-refractivity contribution is 7.48. The molecule has 1 atom stereocenters. The van der Waals surface area contributed by atoms with Crippen LogP contribution in [0, 0.1) is 5.41 Å². The smallest absolute Gasteiger partial charge is 0.460 e. The lowest BCUT2D eigenvalue weighted by Crippen LogP contribution is -2.37. The van der Waals surface area contributed by atoms with Gasteiger partial charge in [-0.1, -0.05) is 146 Å². The molecule has 1 unspecified atom stereocenters. The molecule has 0 heterocycles. The van der Waals surface area contributed by atoms with Crippen LogP contribution < -0.4 is 0 Å². The summed E-state index contributed by atoms with van der Waals surface area (Å²) in [5, 5.41) is 0. The Labute approximate surface area is 314 Å². The summed E-state index contributed by atoms with van der Waals surface area (Å²) in [6.07, 6.45) is 33.1. The lowest BCUT2D eigenvalue weighted by molar-refractivity contribution is -0.870. The summed E-state index contributed by atoms with van der Waals surface area (Å²) in [4.78, 5) is 12.4. The molecule has 0 aliphatic heterocycles. The average Bonchev–Trinajstić information content (AvgIpc) is 3.04. The number of quaternary nitrogens is 1. The fourth-order valence-electron chi connectivity index (χ4n) is 6.21. The van der Waals surface area contributed by atoms with Crippen molar-refractivity contribution in [3.8, 4) is 0 Å². The van der Waals surface area contributed by atoms with Gasteiger partial charge in [0.15, 0.2) is 0 Å². The molecule has 0 amide bonds. The van der Waals surface area contributed by atoms with Gasteiger partial charge in [0.1, 0.15) is 19.8 Å². The van der Waals surface area contributed by atoms with Crippen LogP contribution in [0.2, 0.25) is 0 Å². The van der Waals surface area contributed by atoms with Crippen molar-refractivity contribution in [1.29, 1.82) is 0 Å². The normalized spacial score (nSPS) is 17.1. The molecule has 1 rings (SSSR count). The number of likely N-dealkylation sites (N-methyl/N-ethyl adjacent to an activating group) is 1. The second-order valence-corrected chi connectivity index (χ2v) is 17.8. The Morgan fingerprint density at radius 2 is 1.31 bits per heavy atom. The highest BCUT2D eigenvalue weighted by Gasteiger charge is 2.28. The Bertz CT molecular complexity index is 1170. The van der Waals surface area contributed by atoms with Crippen LogP contribution in [0.25, 0.3) is 0 Å². The molecule has 0 bridgehead atoms. The summed E-state index contributed by atoms with van der Waals surface area (Å²) < 4.78 is 36.3. The van der Waals surface area contributed by atoms with Crippen LogP contribution in [0.15, 0.2) is 58.7 Å². The Balaban J connectivity index is 2.41. The van der Waals surface area contributed by atoms with Gasteiger partial charge >= 0.3 is 13.8 Å². The van der Waals surface area contributed by atoms with Gasteiger partial charge in [0, 0.05) is 6.08 Å². The monoisotopic (exact) mass is 735 g/mol. The van der Waals surface area contributed by atoms with Crippen molar-refractivity contribution in [2.75, 3.05) is 54.1 Å². The van der Waals surface area contributed by atoms with Crippen LogP contribution in [0.5, 0.6) is 0 Å².